The second kappa shape index (κ2) is 5.85. The number of aliphatic imine (C=N–C) groups is 1. The van der Waals surface area contributed by atoms with Crippen molar-refractivity contribution in [3.8, 4) is 5.75 Å². The van der Waals surface area contributed by atoms with Gasteiger partial charge in [0.25, 0.3) is 0 Å². The van der Waals surface area contributed by atoms with Crippen LogP contribution < -0.4 is 10.1 Å². The van der Waals surface area contributed by atoms with E-state index in [0.717, 1.165) is 22.4 Å². The summed E-state index contributed by atoms with van der Waals surface area (Å²) >= 11 is 7.74. The molecule has 0 aromatic heterocycles. The molecule has 2 atom stereocenters. The molecule has 1 aliphatic heterocycles. The fourth-order valence-corrected chi connectivity index (χ4v) is 2.95. The zero-order valence-corrected chi connectivity index (χ0v) is 12.3. The Hall–Kier alpha value is -0.870. The fourth-order valence-electron chi connectivity index (χ4n) is 1.66. The summed E-state index contributed by atoms with van der Waals surface area (Å²) in [6.07, 6.45) is 0. The minimum absolute atomic E-state index is 0.346. The SMILES string of the molecule is COc1ccc(Cl)cc1NC1=NC(C)C(C)CS1. The summed E-state index contributed by atoms with van der Waals surface area (Å²) < 4.78 is 5.30. The van der Waals surface area contributed by atoms with Crippen molar-refractivity contribution < 1.29 is 4.74 Å². The lowest BCUT2D eigenvalue weighted by Gasteiger charge is -2.24. The summed E-state index contributed by atoms with van der Waals surface area (Å²) in [5.74, 6) is 2.46. The molecule has 0 bridgehead atoms. The summed E-state index contributed by atoms with van der Waals surface area (Å²) in [5, 5.41) is 4.91. The minimum Gasteiger partial charge on any atom is -0.495 e. The van der Waals surface area contributed by atoms with Crippen LogP contribution in [-0.4, -0.2) is 24.1 Å². The van der Waals surface area contributed by atoms with Gasteiger partial charge in [-0.2, -0.15) is 0 Å². The first kappa shape index (κ1) is 13.6. The molecule has 1 N–H and O–H groups in total. The monoisotopic (exact) mass is 284 g/mol. The predicted octanol–water partition coefficient (Wildman–Crippen LogP) is 3.89. The predicted molar refractivity (Wildman–Crippen MR) is 80.1 cm³/mol. The van der Waals surface area contributed by atoms with Crippen LogP contribution in [0.2, 0.25) is 5.02 Å². The standard InChI is InChI=1S/C13H17ClN2OS/c1-8-7-18-13(15-9(8)2)16-11-6-10(14)4-5-12(11)17-3/h4-6,8-9H,7H2,1-3H3,(H,15,16). The Morgan fingerprint density at radius 3 is 2.89 bits per heavy atom. The Balaban J connectivity index is 2.19. The molecule has 1 aromatic rings. The Bertz CT molecular complexity index is 464. The van der Waals surface area contributed by atoms with Crippen molar-refractivity contribution in [3.63, 3.8) is 0 Å². The van der Waals surface area contributed by atoms with Gasteiger partial charge < -0.3 is 10.1 Å². The first-order valence-corrected chi connectivity index (χ1v) is 7.27. The second-order valence-corrected chi connectivity index (χ2v) is 5.88. The van der Waals surface area contributed by atoms with Crippen molar-refractivity contribution in [2.45, 2.75) is 19.9 Å². The summed E-state index contributed by atoms with van der Waals surface area (Å²) in [4.78, 5) is 4.63. The van der Waals surface area contributed by atoms with E-state index in [9.17, 15) is 0 Å². The third kappa shape index (κ3) is 3.12. The number of nitrogens with one attached hydrogen (secondary N) is 1. The van der Waals surface area contributed by atoms with E-state index in [1.54, 1.807) is 18.9 Å². The maximum absolute atomic E-state index is 6.00. The molecule has 0 radical (unpaired) electrons. The molecule has 0 fully saturated rings. The molecule has 0 spiro atoms. The molecular formula is C13H17ClN2OS. The Labute approximate surface area is 117 Å². The number of halogens is 1. The number of methoxy groups -OCH3 is 1. The molecular weight excluding hydrogens is 268 g/mol. The van der Waals surface area contributed by atoms with E-state index in [-0.39, 0.29) is 0 Å². The van der Waals surface area contributed by atoms with Gasteiger partial charge in [0.1, 0.15) is 5.75 Å². The van der Waals surface area contributed by atoms with Crippen molar-refractivity contribution in [1.29, 1.82) is 0 Å². The van der Waals surface area contributed by atoms with Gasteiger partial charge in [-0.3, -0.25) is 4.99 Å². The first-order chi connectivity index (χ1) is 8.60. The lowest BCUT2D eigenvalue weighted by atomic mass is 10.1. The molecule has 1 aromatic carbocycles. The average Bonchev–Trinajstić information content (AvgIpc) is 2.34. The van der Waals surface area contributed by atoms with Crippen LogP contribution in [-0.2, 0) is 0 Å². The Kier molecular flexibility index (Phi) is 4.40. The number of rotatable bonds is 2. The number of hydrogen-bond donors (Lipinski definition) is 1. The Morgan fingerprint density at radius 1 is 1.44 bits per heavy atom. The fraction of sp³-hybridized carbons (Fsp3) is 0.462. The minimum atomic E-state index is 0.346. The van der Waals surface area contributed by atoms with Gasteiger partial charge in [0, 0.05) is 10.8 Å². The number of thioether (sulfide) groups is 1. The van der Waals surface area contributed by atoms with Gasteiger partial charge in [0.15, 0.2) is 5.17 Å². The molecule has 18 heavy (non-hydrogen) atoms. The second-order valence-electron chi connectivity index (χ2n) is 4.43. The number of hydrogen-bond acceptors (Lipinski definition) is 4. The van der Waals surface area contributed by atoms with Crippen LogP contribution >= 0.6 is 23.4 Å². The first-order valence-electron chi connectivity index (χ1n) is 5.91. The maximum atomic E-state index is 6.00. The van der Waals surface area contributed by atoms with E-state index in [2.05, 4.69) is 24.2 Å². The van der Waals surface area contributed by atoms with Crippen LogP contribution in [0.25, 0.3) is 0 Å². The van der Waals surface area contributed by atoms with Gasteiger partial charge in [-0.1, -0.05) is 30.3 Å². The highest BCUT2D eigenvalue weighted by Crippen LogP contribution is 2.30. The smallest absolute Gasteiger partial charge is 0.161 e. The zero-order chi connectivity index (χ0) is 13.1. The molecule has 1 aliphatic rings. The van der Waals surface area contributed by atoms with E-state index < -0.39 is 0 Å². The lowest BCUT2D eigenvalue weighted by molar-refractivity contribution is 0.417. The number of amidine groups is 1. The quantitative estimate of drug-likeness (QED) is 0.894. The van der Waals surface area contributed by atoms with Crippen molar-refractivity contribution in [2.24, 2.45) is 10.9 Å². The molecule has 2 unspecified atom stereocenters. The molecule has 3 nitrogen and oxygen atoms in total. The van der Waals surface area contributed by atoms with Crippen molar-refractivity contribution in [2.75, 3.05) is 18.2 Å². The molecule has 0 saturated heterocycles. The van der Waals surface area contributed by atoms with Crippen LogP contribution in [0.15, 0.2) is 23.2 Å². The van der Waals surface area contributed by atoms with Gasteiger partial charge in [-0.15, -0.1) is 0 Å². The largest absolute Gasteiger partial charge is 0.495 e. The number of nitrogens with zero attached hydrogens (tertiary/aromatic N) is 1. The molecule has 0 saturated carbocycles. The van der Waals surface area contributed by atoms with Crippen LogP contribution in [0.1, 0.15) is 13.8 Å². The highest BCUT2D eigenvalue weighted by Gasteiger charge is 2.19. The van der Waals surface area contributed by atoms with Crippen LogP contribution in [0.4, 0.5) is 5.69 Å². The zero-order valence-electron chi connectivity index (χ0n) is 10.7. The van der Waals surface area contributed by atoms with Gasteiger partial charge >= 0.3 is 0 Å². The van der Waals surface area contributed by atoms with E-state index in [4.69, 9.17) is 16.3 Å². The Morgan fingerprint density at radius 2 is 2.22 bits per heavy atom. The lowest BCUT2D eigenvalue weighted by Crippen LogP contribution is -2.25. The molecule has 2 rings (SSSR count). The number of anilines is 1. The van der Waals surface area contributed by atoms with Crippen molar-refractivity contribution in [1.82, 2.24) is 0 Å². The van der Waals surface area contributed by atoms with E-state index >= 15 is 0 Å². The normalized spacial score (nSPS) is 23.4. The van der Waals surface area contributed by atoms with Gasteiger partial charge in [0.05, 0.1) is 18.8 Å². The maximum Gasteiger partial charge on any atom is 0.161 e. The number of ether oxygens (including phenoxy) is 1. The van der Waals surface area contributed by atoms with Gasteiger partial charge in [-0.25, -0.2) is 0 Å². The molecule has 5 heteroatoms. The van der Waals surface area contributed by atoms with Crippen LogP contribution in [0.5, 0.6) is 5.75 Å². The molecule has 0 amide bonds. The summed E-state index contributed by atoms with van der Waals surface area (Å²) in [6, 6.07) is 5.86. The van der Waals surface area contributed by atoms with Crippen molar-refractivity contribution in [3.05, 3.63) is 23.2 Å². The van der Waals surface area contributed by atoms with Crippen LogP contribution in [0, 0.1) is 5.92 Å². The number of benzene rings is 1. The van der Waals surface area contributed by atoms with Gasteiger partial charge in [-0.05, 0) is 31.0 Å². The highest BCUT2D eigenvalue weighted by atomic mass is 35.5. The van der Waals surface area contributed by atoms with E-state index in [1.165, 1.54) is 0 Å². The topological polar surface area (TPSA) is 33.6 Å². The van der Waals surface area contributed by atoms with E-state index in [0.29, 0.717) is 17.0 Å². The van der Waals surface area contributed by atoms with Crippen LogP contribution in [0.3, 0.4) is 0 Å². The van der Waals surface area contributed by atoms with Crippen molar-refractivity contribution >= 4 is 34.2 Å². The third-order valence-electron chi connectivity index (χ3n) is 3.03. The highest BCUT2D eigenvalue weighted by molar-refractivity contribution is 8.14. The summed E-state index contributed by atoms with van der Waals surface area (Å²) in [7, 11) is 1.65. The van der Waals surface area contributed by atoms with Gasteiger partial charge in [0.2, 0.25) is 0 Å². The molecule has 98 valence electrons. The molecule has 1 heterocycles. The third-order valence-corrected chi connectivity index (χ3v) is 4.44. The summed E-state index contributed by atoms with van der Waals surface area (Å²) in [5.41, 5.74) is 0.859. The average molecular weight is 285 g/mol. The van der Waals surface area contributed by atoms with E-state index in [1.807, 2.05) is 18.2 Å². The molecule has 0 aliphatic carbocycles. The summed E-state index contributed by atoms with van der Waals surface area (Å²) in [6.45, 7) is 4.36.